The van der Waals surface area contributed by atoms with Crippen molar-refractivity contribution in [3.63, 3.8) is 0 Å². The van der Waals surface area contributed by atoms with Crippen LogP contribution in [0.3, 0.4) is 0 Å². The zero-order valence-corrected chi connectivity index (χ0v) is 14.2. The van der Waals surface area contributed by atoms with Crippen LogP contribution in [-0.2, 0) is 14.6 Å². The van der Waals surface area contributed by atoms with Crippen LogP contribution in [0, 0.1) is 0 Å². The van der Waals surface area contributed by atoms with Gasteiger partial charge in [-0.05, 0) is 32.1 Å². The first kappa shape index (κ1) is 18.5. The molecular formula is C16H19F2NO4S. The first-order chi connectivity index (χ1) is 11.0. The van der Waals surface area contributed by atoms with E-state index in [0.29, 0.717) is 6.92 Å². The maximum absolute atomic E-state index is 13.2. The molecule has 8 heteroatoms. The van der Waals surface area contributed by atoms with Crippen molar-refractivity contribution in [2.24, 2.45) is 0 Å². The number of nitrogens with zero attached hydrogens (tertiary/aromatic N) is 1. The monoisotopic (exact) mass is 359 g/mol. The summed E-state index contributed by atoms with van der Waals surface area (Å²) in [6, 6.07) is 7.46. The fourth-order valence-corrected chi connectivity index (χ4v) is 4.29. The van der Waals surface area contributed by atoms with Gasteiger partial charge in [0.1, 0.15) is 5.75 Å². The second kappa shape index (κ2) is 6.25. The summed E-state index contributed by atoms with van der Waals surface area (Å²) in [5, 5.41) is 10.7. The third-order valence-corrected chi connectivity index (χ3v) is 5.51. The molecule has 0 aromatic heterocycles. The van der Waals surface area contributed by atoms with Crippen molar-refractivity contribution in [2.45, 2.75) is 36.8 Å². The Labute approximate surface area is 139 Å². The molecule has 0 spiro atoms. The quantitative estimate of drug-likeness (QED) is 0.843. The molecule has 0 fully saturated rings. The van der Waals surface area contributed by atoms with Crippen molar-refractivity contribution >= 4 is 15.7 Å². The van der Waals surface area contributed by atoms with Gasteiger partial charge >= 0.3 is 0 Å². The number of halogens is 2. The molecule has 0 saturated heterocycles. The van der Waals surface area contributed by atoms with Gasteiger partial charge in [0, 0.05) is 18.5 Å². The number of sulfone groups is 1. The highest BCUT2D eigenvalue weighted by Gasteiger charge is 2.47. The lowest BCUT2D eigenvalue weighted by Crippen LogP contribution is -2.50. The molecule has 2 rings (SSSR count). The van der Waals surface area contributed by atoms with Crippen LogP contribution < -0.4 is 0 Å². The van der Waals surface area contributed by atoms with Gasteiger partial charge in [-0.15, -0.1) is 0 Å². The fourth-order valence-electron chi connectivity index (χ4n) is 2.76. The third-order valence-electron chi connectivity index (χ3n) is 3.71. The van der Waals surface area contributed by atoms with Gasteiger partial charge in [-0.2, -0.15) is 0 Å². The van der Waals surface area contributed by atoms with Crippen molar-refractivity contribution in [3.05, 3.63) is 42.0 Å². The van der Waals surface area contributed by atoms with E-state index in [-0.39, 0.29) is 17.0 Å². The van der Waals surface area contributed by atoms with Gasteiger partial charge in [0.25, 0.3) is 5.91 Å². The third kappa shape index (κ3) is 3.81. The van der Waals surface area contributed by atoms with Crippen molar-refractivity contribution in [3.8, 4) is 0 Å². The highest BCUT2D eigenvalue weighted by Crippen LogP contribution is 2.34. The Kier molecular flexibility index (Phi) is 4.83. The summed E-state index contributed by atoms with van der Waals surface area (Å²) in [6.45, 7) is 2.20. The first-order valence-electron chi connectivity index (χ1n) is 7.40. The molecule has 1 amide bonds. The molecule has 24 heavy (non-hydrogen) atoms. The number of benzene rings is 1. The molecule has 0 aliphatic carbocycles. The number of rotatable bonds is 6. The van der Waals surface area contributed by atoms with E-state index in [1.54, 1.807) is 13.0 Å². The number of hydrogen-bond donors (Lipinski definition) is 1. The molecule has 132 valence electrons. The Bertz CT molecular complexity index is 756. The topological polar surface area (TPSA) is 74.7 Å². The van der Waals surface area contributed by atoms with Gasteiger partial charge < -0.3 is 10.0 Å². The lowest BCUT2D eigenvalue weighted by molar-refractivity contribution is -0.139. The SMILES string of the molecule is CCN1C(=O)C(CC(C)(F)F)=CC1(O)CS(=O)(=O)c1ccccc1. The molecule has 1 heterocycles. The van der Waals surface area contributed by atoms with Crippen molar-refractivity contribution in [1.82, 2.24) is 4.90 Å². The molecule has 1 aromatic carbocycles. The summed E-state index contributed by atoms with van der Waals surface area (Å²) < 4.78 is 51.4. The summed E-state index contributed by atoms with van der Waals surface area (Å²) in [6.07, 6.45) is 0.0900. The minimum absolute atomic E-state index is 0.00503. The molecule has 1 aliphatic heterocycles. The second-order valence-corrected chi connectivity index (χ2v) is 7.91. The summed E-state index contributed by atoms with van der Waals surface area (Å²) in [5.74, 6) is -4.70. The normalized spacial score (nSPS) is 22.0. The van der Waals surface area contributed by atoms with E-state index < -0.39 is 39.6 Å². The van der Waals surface area contributed by atoms with Gasteiger partial charge in [0.2, 0.25) is 5.92 Å². The summed E-state index contributed by atoms with van der Waals surface area (Å²) >= 11 is 0. The highest BCUT2D eigenvalue weighted by atomic mass is 32.2. The van der Waals surface area contributed by atoms with Crippen LogP contribution in [0.4, 0.5) is 8.78 Å². The average molecular weight is 359 g/mol. The predicted octanol–water partition coefficient (Wildman–Crippen LogP) is 1.98. The highest BCUT2D eigenvalue weighted by molar-refractivity contribution is 7.91. The number of alkyl halides is 2. The second-order valence-electron chi connectivity index (χ2n) is 5.92. The number of likely N-dealkylation sites (N-methyl/N-ethyl adjacent to an activating group) is 1. The number of amides is 1. The Morgan fingerprint density at radius 1 is 1.25 bits per heavy atom. The minimum Gasteiger partial charge on any atom is -0.366 e. The number of aliphatic hydroxyl groups is 1. The number of carbonyl (C=O) groups is 1. The molecule has 1 aromatic rings. The zero-order chi connectivity index (χ0) is 18.2. The molecule has 0 radical (unpaired) electrons. The molecule has 0 saturated carbocycles. The van der Waals surface area contributed by atoms with E-state index in [2.05, 4.69) is 0 Å². The number of hydrogen-bond acceptors (Lipinski definition) is 4. The van der Waals surface area contributed by atoms with Gasteiger partial charge in [0.05, 0.1) is 4.90 Å². The van der Waals surface area contributed by atoms with E-state index in [1.165, 1.54) is 24.3 Å². The molecular weight excluding hydrogens is 340 g/mol. The molecule has 1 aliphatic rings. The average Bonchev–Trinajstić information content (AvgIpc) is 2.67. The van der Waals surface area contributed by atoms with E-state index >= 15 is 0 Å². The van der Waals surface area contributed by atoms with Crippen LogP contribution in [0.1, 0.15) is 20.3 Å². The smallest absolute Gasteiger partial charge is 0.252 e. The van der Waals surface area contributed by atoms with Gasteiger partial charge in [-0.3, -0.25) is 4.79 Å². The Hall–Kier alpha value is -1.80. The fraction of sp³-hybridized carbons (Fsp3) is 0.438. The maximum Gasteiger partial charge on any atom is 0.252 e. The summed E-state index contributed by atoms with van der Waals surface area (Å²) in [5.41, 5.74) is -2.42. The van der Waals surface area contributed by atoms with Gasteiger partial charge in [-0.1, -0.05) is 18.2 Å². The van der Waals surface area contributed by atoms with Crippen LogP contribution in [0.25, 0.3) is 0 Å². The Morgan fingerprint density at radius 2 is 1.83 bits per heavy atom. The van der Waals surface area contributed by atoms with Gasteiger partial charge in [-0.25, -0.2) is 17.2 Å². The molecule has 1 unspecified atom stereocenters. The summed E-state index contributed by atoms with van der Waals surface area (Å²) in [4.78, 5) is 13.1. The lowest BCUT2D eigenvalue weighted by Gasteiger charge is -2.32. The predicted molar refractivity (Wildman–Crippen MR) is 84.2 cm³/mol. The van der Waals surface area contributed by atoms with Crippen LogP contribution >= 0.6 is 0 Å². The van der Waals surface area contributed by atoms with Crippen LogP contribution in [0.2, 0.25) is 0 Å². The Balaban J connectivity index is 2.37. The molecule has 1 N–H and O–H groups in total. The van der Waals surface area contributed by atoms with Crippen LogP contribution in [0.5, 0.6) is 0 Å². The van der Waals surface area contributed by atoms with Crippen LogP contribution in [0.15, 0.2) is 46.9 Å². The lowest BCUT2D eigenvalue weighted by atomic mass is 10.1. The number of carbonyl (C=O) groups excluding carboxylic acids is 1. The largest absolute Gasteiger partial charge is 0.366 e. The van der Waals surface area contributed by atoms with E-state index in [4.69, 9.17) is 0 Å². The molecule has 0 bridgehead atoms. The standard InChI is InChI=1S/C16H19F2NO4S/c1-3-19-14(20)12(9-15(2,17)18)10-16(19,21)11-24(22,23)13-7-5-4-6-8-13/h4-8,10,21H,3,9,11H2,1-2H3. The molecule has 1 atom stereocenters. The minimum atomic E-state index is -3.91. The summed E-state index contributed by atoms with van der Waals surface area (Å²) in [7, 11) is -3.91. The maximum atomic E-state index is 13.2. The van der Waals surface area contributed by atoms with Crippen molar-refractivity contribution in [2.75, 3.05) is 12.3 Å². The molecule has 5 nitrogen and oxygen atoms in total. The van der Waals surface area contributed by atoms with Gasteiger partial charge in [0.15, 0.2) is 15.6 Å². The zero-order valence-electron chi connectivity index (χ0n) is 13.4. The Morgan fingerprint density at radius 3 is 2.33 bits per heavy atom. The van der Waals surface area contributed by atoms with E-state index in [0.717, 1.165) is 11.0 Å². The first-order valence-corrected chi connectivity index (χ1v) is 9.05. The van der Waals surface area contributed by atoms with Crippen molar-refractivity contribution < 1.29 is 27.1 Å². The van der Waals surface area contributed by atoms with Crippen molar-refractivity contribution in [1.29, 1.82) is 0 Å². The van der Waals surface area contributed by atoms with E-state index in [1.807, 2.05) is 0 Å². The van der Waals surface area contributed by atoms with Crippen LogP contribution in [-0.4, -0.2) is 48.3 Å². The van der Waals surface area contributed by atoms with E-state index in [9.17, 15) is 27.1 Å².